The van der Waals surface area contributed by atoms with Crippen LogP contribution in [0.2, 0.25) is 30.7 Å². The number of rotatable bonds is 11. The summed E-state index contributed by atoms with van der Waals surface area (Å²) in [5.74, 6) is 1.47. The van der Waals surface area contributed by atoms with E-state index in [-0.39, 0.29) is 24.3 Å². The van der Waals surface area contributed by atoms with E-state index in [0.717, 1.165) is 48.2 Å². The number of ether oxygens (including phenoxy) is 3. The first-order chi connectivity index (χ1) is 22.5. The second kappa shape index (κ2) is 14.0. The molecular weight excluding hydrogens is 656 g/mol. The Bertz CT molecular complexity index is 1700. The summed E-state index contributed by atoms with van der Waals surface area (Å²) in [5, 5.41) is 13.3. The fourth-order valence-electron chi connectivity index (χ4n) is 6.21. The molecule has 2 saturated heterocycles. The van der Waals surface area contributed by atoms with Crippen molar-refractivity contribution in [3.05, 3.63) is 59.9 Å². The molecule has 6 rings (SSSR count). The monoisotopic (exact) mass is 696 g/mol. The van der Waals surface area contributed by atoms with Gasteiger partial charge in [0.1, 0.15) is 23.3 Å². The van der Waals surface area contributed by atoms with Crippen LogP contribution in [0.3, 0.4) is 0 Å². The number of piperidine rings is 1. The van der Waals surface area contributed by atoms with Crippen LogP contribution in [0.5, 0.6) is 11.8 Å². The molecule has 2 atom stereocenters. The van der Waals surface area contributed by atoms with Gasteiger partial charge in [-0.15, -0.1) is 0 Å². The summed E-state index contributed by atoms with van der Waals surface area (Å²) in [6.45, 7) is 11.9. The largest absolute Gasteiger partial charge is 0.465 e. The number of fused-ring (bicyclic) bond motifs is 1. The van der Waals surface area contributed by atoms with Crippen LogP contribution in [-0.4, -0.2) is 77.2 Å². The minimum Gasteiger partial charge on any atom is -0.465 e. The van der Waals surface area contributed by atoms with E-state index in [9.17, 15) is 9.90 Å². The molecule has 1 amide bonds. The van der Waals surface area contributed by atoms with Crippen molar-refractivity contribution in [2.24, 2.45) is 5.41 Å². The summed E-state index contributed by atoms with van der Waals surface area (Å²) in [6.07, 6.45) is 4.01. The summed E-state index contributed by atoms with van der Waals surface area (Å²) in [7, 11) is -1.26. The highest BCUT2D eigenvalue weighted by atomic mass is 35.5. The van der Waals surface area contributed by atoms with Crippen molar-refractivity contribution >= 4 is 54.4 Å². The molecule has 2 aliphatic heterocycles. The molecule has 2 aliphatic rings. The lowest BCUT2D eigenvalue weighted by Crippen LogP contribution is -2.54. The van der Waals surface area contributed by atoms with Crippen LogP contribution >= 0.6 is 23.4 Å². The quantitative estimate of drug-likeness (QED) is 0.121. The average molecular weight is 697 g/mol. The molecule has 1 spiro atoms. The van der Waals surface area contributed by atoms with Gasteiger partial charge in [0.15, 0.2) is 0 Å². The molecule has 4 heterocycles. The Morgan fingerprint density at radius 3 is 2.60 bits per heavy atom. The van der Waals surface area contributed by atoms with E-state index in [1.807, 2.05) is 54.0 Å². The first-order valence-corrected chi connectivity index (χ1v) is 20.8. The lowest BCUT2D eigenvalue weighted by atomic mass is 9.73. The molecule has 0 unspecified atom stereocenters. The van der Waals surface area contributed by atoms with Crippen molar-refractivity contribution in [2.45, 2.75) is 74.2 Å². The Balaban J connectivity index is 1.17. The molecule has 47 heavy (non-hydrogen) atoms. The van der Waals surface area contributed by atoms with Gasteiger partial charge >= 0.3 is 12.1 Å². The van der Waals surface area contributed by atoms with E-state index in [4.69, 9.17) is 40.8 Å². The van der Waals surface area contributed by atoms with E-state index < -0.39 is 14.2 Å². The molecule has 0 radical (unpaired) electrons. The smallest absolute Gasteiger partial charge is 0.404 e. The van der Waals surface area contributed by atoms with Crippen molar-refractivity contribution in [2.75, 3.05) is 31.2 Å². The molecule has 14 heteroatoms. The average Bonchev–Trinajstić information content (AvgIpc) is 3.54. The summed E-state index contributed by atoms with van der Waals surface area (Å²) in [4.78, 5) is 28.6. The number of benzene rings is 2. The number of hydrogen-bond acceptors (Lipinski definition) is 9. The van der Waals surface area contributed by atoms with Crippen molar-refractivity contribution in [3.8, 4) is 11.8 Å². The van der Waals surface area contributed by atoms with E-state index >= 15 is 0 Å². The van der Waals surface area contributed by atoms with Gasteiger partial charge in [-0.2, -0.15) is 4.98 Å². The van der Waals surface area contributed by atoms with Crippen molar-refractivity contribution < 1.29 is 24.1 Å². The van der Waals surface area contributed by atoms with Crippen LogP contribution in [0.4, 0.5) is 10.6 Å². The summed E-state index contributed by atoms with van der Waals surface area (Å²) < 4.78 is 20.1. The second-order valence-corrected chi connectivity index (χ2v) is 20.5. The molecule has 2 aromatic heterocycles. The van der Waals surface area contributed by atoms with Gasteiger partial charge in [-0.05, 0) is 50.1 Å². The number of nitrogens with zero attached hydrogens (tertiary/aromatic N) is 5. The third kappa shape index (κ3) is 7.70. The van der Waals surface area contributed by atoms with Gasteiger partial charge in [0.05, 0.1) is 47.2 Å². The van der Waals surface area contributed by atoms with Gasteiger partial charge in [0.25, 0.3) is 0 Å². The number of anilines is 1. The molecule has 4 aromatic rings. The Kier molecular flexibility index (Phi) is 10.00. The number of carbonyl (C=O) groups is 1. The summed E-state index contributed by atoms with van der Waals surface area (Å²) in [5.41, 5.74) is 1.25. The Morgan fingerprint density at radius 2 is 1.91 bits per heavy atom. The predicted octanol–water partition coefficient (Wildman–Crippen LogP) is 7.38. The molecule has 0 aliphatic carbocycles. The first-order valence-electron chi connectivity index (χ1n) is 15.9. The number of para-hydroxylation sites is 1. The minimum atomic E-state index is -1.26. The highest BCUT2D eigenvalue weighted by molar-refractivity contribution is 7.99. The third-order valence-electron chi connectivity index (χ3n) is 8.90. The molecule has 11 nitrogen and oxygen atoms in total. The highest BCUT2D eigenvalue weighted by Gasteiger charge is 2.50. The van der Waals surface area contributed by atoms with Crippen molar-refractivity contribution in [3.63, 3.8) is 0 Å². The maximum Gasteiger partial charge on any atom is 0.404 e. The van der Waals surface area contributed by atoms with Gasteiger partial charge in [0, 0.05) is 38.1 Å². The fraction of sp³-hybridized carbons (Fsp3) is 0.455. The number of imidazole rings is 1. The first kappa shape index (κ1) is 33.5. The van der Waals surface area contributed by atoms with Gasteiger partial charge in [0.2, 0.25) is 0 Å². The van der Waals surface area contributed by atoms with E-state index in [0.29, 0.717) is 40.5 Å². The number of aromatic nitrogens is 4. The standard InChI is InChI=1S/C33H41ClN6O5SSi/c1-22-30(38-32(41)42)33(20-44-22)12-14-39(15-13-33)26-18-36-27(19-35-26)46-25-11-10-24-29(28(25)34)40(21-43-16-17-47(2,3)4)31(37-24)45-23-8-6-5-7-9-23/h5-11,18-19,22,30,38H,12-17,20-21H2,1-4H3,(H,41,42)/t22-,30+/m0/s1. The van der Waals surface area contributed by atoms with Gasteiger partial charge in [-0.3, -0.25) is 4.57 Å². The maximum absolute atomic E-state index is 11.4. The number of carboxylic acid groups (broad SMARTS) is 1. The number of nitrogens with one attached hydrogen (secondary N) is 1. The molecule has 2 aromatic carbocycles. The van der Waals surface area contributed by atoms with Crippen LogP contribution in [0, 0.1) is 5.41 Å². The zero-order valence-corrected chi connectivity index (χ0v) is 29.7. The van der Waals surface area contributed by atoms with Crippen LogP contribution in [0.15, 0.2) is 64.8 Å². The summed E-state index contributed by atoms with van der Waals surface area (Å²) >= 11 is 8.51. The van der Waals surface area contributed by atoms with E-state index in [1.165, 1.54) is 11.8 Å². The van der Waals surface area contributed by atoms with Crippen LogP contribution in [0.25, 0.3) is 11.0 Å². The molecule has 2 fully saturated rings. The number of amides is 1. The number of halogens is 1. The van der Waals surface area contributed by atoms with Crippen molar-refractivity contribution in [1.82, 2.24) is 24.8 Å². The normalized spacial score (nSPS) is 19.4. The van der Waals surface area contributed by atoms with Gasteiger partial charge in [-0.1, -0.05) is 61.2 Å². The number of hydrogen-bond donors (Lipinski definition) is 2. The molecular formula is C33H41ClN6O5SSi. The van der Waals surface area contributed by atoms with Crippen molar-refractivity contribution in [1.29, 1.82) is 0 Å². The van der Waals surface area contributed by atoms with E-state index in [2.05, 4.69) is 29.9 Å². The topological polar surface area (TPSA) is 124 Å². The van der Waals surface area contributed by atoms with E-state index in [1.54, 1.807) is 12.4 Å². The molecule has 0 saturated carbocycles. The van der Waals surface area contributed by atoms with Crippen LogP contribution in [-0.2, 0) is 16.2 Å². The summed E-state index contributed by atoms with van der Waals surface area (Å²) in [6, 6.07) is 14.7. The Morgan fingerprint density at radius 1 is 1.15 bits per heavy atom. The van der Waals surface area contributed by atoms with Gasteiger partial charge < -0.3 is 29.5 Å². The maximum atomic E-state index is 11.4. The van der Waals surface area contributed by atoms with Crippen LogP contribution < -0.4 is 15.0 Å². The fourth-order valence-corrected chi connectivity index (χ4v) is 8.10. The van der Waals surface area contributed by atoms with Crippen LogP contribution in [0.1, 0.15) is 19.8 Å². The zero-order chi connectivity index (χ0) is 33.2. The minimum absolute atomic E-state index is 0.149. The molecule has 250 valence electrons. The SMILES string of the molecule is C[C@@H]1OCC2(CCN(c3cnc(Sc4ccc5nc(Oc6ccccc6)n(COCC[Si](C)(C)C)c5c4Cl)cn3)CC2)[C@@H]1NC(=O)O. The molecule has 0 bridgehead atoms. The Labute approximate surface area is 285 Å². The highest BCUT2D eigenvalue weighted by Crippen LogP contribution is 2.43. The zero-order valence-electron chi connectivity index (χ0n) is 27.1. The lowest BCUT2D eigenvalue weighted by molar-refractivity contribution is 0.0850. The van der Waals surface area contributed by atoms with Gasteiger partial charge in [-0.25, -0.2) is 14.8 Å². The third-order valence-corrected chi connectivity index (χ3v) is 12.1. The molecule has 2 N–H and O–H groups in total. The lowest BCUT2D eigenvalue weighted by Gasteiger charge is -2.42. The predicted molar refractivity (Wildman–Crippen MR) is 186 cm³/mol. The Hall–Kier alpha value is -3.36. The second-order valence-electron chi connectivity index (χ2n) is 13.4.